The molecular weight excluding hydrogens is 214 g/mol. The number of aromatic nitrogens is 1. The molecule has 2 nitrogen and oxygen atoms in total. The SMILES string of the molecule is OC1(c2cnsc2)CC2CCC(C1)S2. The van der Waals surface area contributed by atoms with Crippen LogP contribution in [0.1, 0.15) is 31.2 Å². The van der Waals surface area contributed by atoms with Crippen LogP contribution in [0.25, 0.3) is 0 Å². The van der Waals surface area contributed by atoms with E-state index in [0.29, 0.717) is 10.5 Å². The molecule has 0 saturated carbocycles. The van der Waals surface area contributed by atoms with Gasteiger partial charge in [-0.15, -0.1) is 0 Å². The summed E-state index contributed by atoms with van der Waals surface area (Å²) in [7, 11) is 0. The molecule has 0 aromatic carbocycles. The fourth-order valence-corrected chi connectivity index (χ4v) is 5.05. The molecule has 1 aromatic rings. The molecular formula is C10H13NOS2. The van der Waals surface area contributed by atoms with Crippen LogP contribution in [0.2, 0.25) is 0 Å². The van der Waals surface area contributed by atoms with Crippen LogP contribution < -0.4 is 0 Å². The van der Waals surface area contributed by atoms with Crippen molar-refractivity contribution in [1.82, 2.24) is 4.37 Å². The monoisotopic (exact) mass is 227 g/mol. The number of fused-ring (bicyclic) bond motifs is 2. The van der Waals surface area contributed by atoms with Crippen LogP contribution in [0.3, 0.4) is 0 Å². The standard InChI is InChI=1S/C10H13NOS2/c12-10(7-5-11-13-6-7)3-8-1-2-9(4-10)14-8/h5-6,8-9,12H,1-4H2. The second-order valence-corrected chi connectivity index (χ2v) is 6.57. The average molecular weight is 227 g/mol. The molecule has 3 rings (SSSR count). The minimum atomic E-state index is -0.565. The lowest BCUT2D eigenvalue weighted by atomic mass is 9.88. The van der Waals surface area contributed by atoms with Gasteiger partial charge in [0.1, 0.15) is 0 Å². The van der Waals surface area contributed by atoms with Gasteiger partial charge in [0.25, 0.3) is 0 Å². The van der Waals surface area contributed by atoms with Crippen molar-refractivity contribution in [2.45, 2.75) is 41.8 Å². The lowest BCUT2D eigenvalue weighted by Gasteiger charge is -2.35. The first-order chi connectivity index (χ1) is 6.76. The van der Waals surface area contributed by atoms with Crippen molar-refractivity contribution >= 4 is 23.3 Å². The Kier molecular flexibility index (Phi) is 2.11. The Hall–Kier alpha value is -0.0600. The number of rotatable bonds is 1. The van der Waals surface area contributed by atoms with Gasteiger partial charge in [0, 0.05) is 27.6 Å². The summed E-state index contributed by atoms with van der Waals surface area (Å²) in [5.74, 6) is 0. The molecule has 0 spiro atoms. The summed E-state index contributed by atoms with van der Waals surface area (Å²) in [6.45, 7) is 0. The van der Waals surface area contributed by atoms with E-state index in [1.807, 2.05) is 11.6 Å². The average Bonchev–Trinajstić information content (AvgIpc) is 2.75. The van der Waals surface area contributed by atoms with Crippen LogP contribution >= 0.6 is 23.3 Å². The summed E-state index contributed by atoms with van der Waals surface area (Å²) in [4.78, 5) is 0. The maximum atomic E-state index is 10.6. The summed E-state index contributed by atoms with van der Waals surface area (Å²) in [5.41, 5.74) is 0.476. The Bertz CT molecular complexity index is 313. The fourth-order valence-electron chi connectivity index (χ4n) is 2.59. The van der Waals surface area contributed by atoms with Crippen molar-refractivity contribution < 1.29 is 5.11 Å². The quantitative estimate of drug-likeness (QED) is 0.799. The van der Waals surface area contributed by atoms with Gasteiger partial charge in [0.15, 0.2) is 0 Å². The van der Waals surface area contributed by atoms with Crippen molar-refractivity contribution in [3.05, 3.63) is 17.1 Å². The number of thioether (sulfide) groups is 1. The predicted molar refractivity (Wildman–Crippen MR) is 59.6 cm³/mol. The zero-order valence-corrected chi connectivity index (χ0v) is 9.48. The number of nitrogens with zero attached hydrogens (tertiary/aromatic N) is 1. The Morgan fingerprint density at radius 2 is 2.07 bits per heavy atom. The third kappa shape index (κ3) is 1.40. The van der Waals surface area contributed by atoms with E-state index in [4.69, 9.17) is 0 Å². The van der Waals surface area contributed by atoms with E-state index in [1.165, 1.54) is 24.4 Å². The van der Waals surface area contributed by atoms with Gasteiger partial charge in [-0.1, -0.05) is 0 Å². The lowest BCUT2D eigenvalue weighted by Crippen LogP contribution is -2.34. The van der Waals surface area contributed by atoms with Gasteiger partial charge in [-0.2, -0.15) is 11.8 Å². The van der Waals surface area contributed by atoms with Crippen LogP contribution in [-0.2, 0) is 5.60 Å². The highest BCUT2D eigenvalue weighted by molar-refractivity contribution is 8.00. The normalized spacial score (nSPS) is 41.5. The van der Waals surface area contributed by atoms with Crippen LogP contribution in [0.5, 0.6) is 0 Å². The molecule has 1 N–H and O–H groups in total. The third-order valence-electron chi connectivity index (χ3n) is 3.30. The minimum Gasteiger partial charge on any atom is -0.385 e. The van der Waals surface area contributed by atoms with Gasteiger partial charge in [0.2, 0.25) is 0 Å². The highest BCUT2D eigenvalue weighted by Crippen LogP contribution is 2.51. The lowest BCUT2D eigenvalue weighted by molar-refractivity contribution is 0.0199. The highest BCUT2D eigenvalue weighted by Gasteiger charge is 2.44. The molecule has 2 unspecified atom stereocenters. The zero-order chi connectivity index (χ0) is 9.60. The van der Waals surface area contributed by atoms with E-state index in [1.54, 1.807) is 0 Å². The summed E-state index contributed by atoms with van der Waals surface area (Å²) < 4.78 is 4.09. The Morgan fingerprint density at radius 3 is 2.64 bits per heavy atom. The number of hydrogen-bond acceptors (Lipinski definition) is 4. The van der Waals surface area contributed by atoms with Crippen molar-refractivity contribution in [2.24, 2.45) is 0 Å². The molecule has 76 valence electrons. The van der Waals surface area contributed by atoms with Crippen LogP contribution in [0.4, 0.5) is 0 Å². The minimum absolute atomic E-state index is 0.565. The topological polar surface area (TPSA) is 33.1 Å². The van der Waals surface area contributed by atoms with Crippen molar-refractivity contribution in [3.8, 4) is 0 Å². The first-order valence-corrected chi connectivity index (χ1v) is 6.82. The summed E-state index contributed by atoms with van der Waals surface area (Å²) >= 11 is 3.51. The molecule has 2 fully saturated rings. The summed E-state index contributed by atoms with van der Waals surface area (Å²) in [5, 5.41) is 13.9. The van der Waals surface area contributed by atoms with Gasteiger partial charge in [-0.3, -0.25) is 0 Å². The summed E-state index contributed by atoms with van der Waals surface area (Å²) in [6.07, 6.45) is 6.25. The van der Waals surface area contributed by atoms with Crippen LogP contribution in [0, 0.1) is 0 Å². The van der Waals surface area contributed by atoms with Gasteiger partial charge < -0.3 is 5.11 Å². The first kappa shape index (κ1) is 9.19. The van der Waals surface area contributed by atoms with E-state index in [0.717, 1.165) is 18.4 Å². The van der Waals surface area contributed by atoms with Gasteiger partial charge >= 0.3 is 0 Å². The highest BCUT2D eigenvalue weighted by atomic mass is 32.2. The van der Waals surface area contributed by atoms with E-state index in [9.17, 15) is 5.11 Å². The van der Waals surface area contributed by atoms with Crippen LogP contribution in [0.15, 0.2) is 11.6 Å². The molecule has 2 atom stereocenters. The number of hydrogen-bond donors (Lipinski definition) is 1. The smallest absolute Gasteiger partial charge is 0.0941 e. The molecule has 2 saturated heterocycles. The van der Waals surface area contributed by atoms with Crippen molar-refractivity contribution in [2.75, 3.05) is 0 Å². The fraction of sp³-hybridized carbons (Fsp3) is 0.700. The number of aliphatic hydroxyl groups is 1. The Labute approximate surface area is 91.9 Å². The van der Waals surface area contributed by atoms with Gasteiger partial charge in [0.05, 0.1) is 5.60 Å². The molecule has 0 amide bonds. The van der Waals surface area contributed by atoms with E-state index in [2.05, 4.69) is 16.1 Å². The maximum Gasteiger partial charge on any atom is 0.0941 e. The van der Waals surface area contributed by atoms with Crippen molar-refractivity contribution in [3.63, 3.8) is 0 Å². The molecule has 4 heteroatoms. The first-order valence-electron chi connectivity index (χ1n) is 5.04. The molecule has 2 aliphatic rings. The Morgan fingerprint density at radius 1 is 1.36 bits per heavy atom. The van der Waals surface area contributed by atoms with Crippen LogP contribution in [-0.4, -0.2) is 20.0 Å². The zero-order valence-electron chi connectivity index (χ0n) is 7.85. The second kappa shape index (κ2) is 3.22. The Balaban J connectivity index is 1.90. The molecule has 0 radical (unpaired) electrons. The van der Waals surface area contributed by atoms with Crippen molar-refractivity contribution in [1.29, 1.82) is 0 Å². The summed E-state index contributed by atoms with van der Waals surface area (Å²) in [6, 6.07) is 0. The maximum absolute atomic E-state index is 10.6. The predicted octanol–water partition coefficient (Wildman–Crippen LogP) is 2.39. The molecule has 2 aliphatic heterocycles. The van der Waals surface area contributed by atoms with Gasteiger partial charge in [-0.25, -0.2) is 4.37 Å². The molecule has 2 bridgehead atoms. The molecule has 1 aromatic heterocycles. The van der Waals surface area contributed by atoms with E-state index < -0.39 is 5.60 Å². The largest absolute Gasteiger partial charge is 0.385 e. The molecule has 3 heterocycles. The van der Waals surface area contributed by atoms with E-state index in [-0.39, 0.29) is 0 Å². The van der Waals surface area contributed by atoms with E-state index >= 15 is 0 Å². The molecule has 0 aliphatic carbocycles. The molecule has 14 heavy (non-hydrogen) atoms. The third-order valence-corrected chi connectivity index (χ3v) is 5.46. The second-order valence-electron chi connectivity index (χ2n) is 4.31. The van der Waals surface area contributed by atoms with Gasteiger partial charge in [-0.05, 0) is 37.2 Å².